The number of rotatable bonds is 6. The average Bonchev–Trinajstić information content (AvgIpc) is 2.24. The van der Waals surface area contributed by atoms with Gasteiger partial charge in [0, 0.05) is 19.6 Å². The second-order valence-electron chi connectivity index (χ2n) is 4.40. The van der Waals surface area contributed by atoms with Gasteiger partial charge >= 0.3 is 0 Å². The van der Waals surface area contributed by atoms with Gasteiger partial charge < -0.3 is 0 Å². The van der Waals surface area contributed by atoms with Gasteiger partial charge in [-0.15, -0.1) is 0 Å². The number of unbranched alkanes of at least 4 members (excludes halogenated alkanes) is 1. The molecule has 1 saturated heterocycles. The highest BCUT2D eigenvalue weighted by Gasteiger charge is 2.26. The average molecular weight is 360 g/mol. The molecule has 0 bridgehead atoms. The molecule has 16 heavy (non-hydrogen) atoms. The number of hydrogen-bond acceptors (Lipinski definition) is 2. The van der Waals surface area contributed by atoms with Crippen molar-refractivity contribution < 1.29 is 8.42 Å². The van der Waals surface area contributed by atoms with Gasteiger partial charge in [-0.25, -0.2) is 4.72 Å². The van der Waals surface area contributed by atoms with Crippen LogP contribution in [0.15, 0.2) is 0 Å². The molecule has 1 aliphatic rings. The van der Waals surface area contributed by atoms with Gasteiger partial charge in [0.05, 0.1) is 0 Å². The van der Waals surface area contributed by atoms with Gasteiger partial charge in [0.2, 0.25) is 0 Å². The summed E-state index contributed by atoms with van der Waals surface area (Å²) in [6.07, 6.45) is 4.11. The number of alkyl halides is 1. The Labute approximate surface area is 112 Å². The van der Waals surface area contributed by atoms with E-state index in [0.29, 0.717) is 25.6 Å². The van der Waals surface area contributed by atoms with Gasteiger partial charge in [-0.2, -0.15) is 12.7 Å². The number of hydrogen-bond donors (Lipinski definition) is 1. The van der Waals surface area contributed by atoms with Crippen LogP contribution >= 0.6 is 22.6 Å². The second kappa shape index (κ2) is 7.13. The van der Waals surface area contributed by atoms with E-state index >= 15 is 0 Å². The van der Waals surface area contributed by atoms with Crippen LogP contribution in [0, 0.1) is 5.92 Å². The van der Waals surface area contributed by atoms with Crippen LogP contribution < -0.4 is 4.72 Å². The maximum atomic E-state index is 11.9. The standard InChI is InChI=1S/C10H21IN2O2S/c1-10-5-4-8-13(9-10)16(14,15)12-7-3-2-6-11/h10,12H,2-9H2,1H3. The zero-order valence-corrected chi connectivity index (χ0v) is 12.8. The van der Waals surface area contributed by atoms with E-state index in [1.165, 1.54) is 0 Å². The molecule has 0 aromatic rings. The Kier molecular flexibility index (Phi) is 6.53. The molecule has 0 saturated carbocycles. The van der Waals surface area contributed by atoms with Crippen molar-refractivity contribution >= 4 is 32.8 Å². The molecule has 1 heterocycles. The molecule has 4 nitrogen and oxygen atoms in total. The Bertz CT molecular complexity index is 295. The van der Waals surface area contributed by atoms with Gasteiger partial charge in [-0.05, 0) is 36.0 Å². The zero-order valence-electron chi connectivity index (χ0n) is 9.78. The molecule has 0 spiro atoms. The summed E-state index contributed by atoms with van der Waals surface area (Å²) in [7, 11) is -3.22. The fraction of sp³-hybridized carbons (Fsp3) is 1.00. The maximum Gasteiger partial charge on any atom is 0.279 e. The Hall–Kier alpha value is 0.600. The summed E-state index contributed by atoms with van der Waals surface area (Å²) in [4.78, 5) is 0. The van der Waals surface area contributed by atoms with Crippen molar-refractivity contribution in [3.05, 3.63) is 0 Å². The third-order valence-corrected chi connectivity index (χ3v) is 5.15. The van der Waals surface area contributed by atoms with E-state index in [9.17, 15) is 8.42 Å². The van der Waals surface area contributed by atoms with Crippen molar-refractivity contribution in [2.24, 2.45) is 5.92 Å². The molecule has 0 aromatic heterocycles. The fourth-order valence-electron chi connectivity index (χ4n) is 1.88. The lowest BCUT2D eigenvalue weighted by molar-refractivity contribution is 0.278. The first-order chi connectivity index (χ1) is 7.56. The number of piperidine rings is 1. The Morgan fingerprint density at radius 1 is 1.44 bits per heavy atom. The van der Waals surface area contributed by atoms with Gasteiger partial charge in [-0.3, -0.25) is 0 Å². The van der Waals surface area contributed by atoms with Crippen molar-refractivity contribution in [1.82, 2.24) is 9.03 Å². The minimum atomic E-state index is -3.22. The van der Waals surface area contributed by atoms with Crippen molar-refractivity contribution in [2.45, 2.75) is 32.6 Å². The molecule has 1 aliphatic heterocycles. The van der Waals surface area contributed by atoms with Gasteiger partial charge in [0.15, 0.2) is 0 Å². The SMILES string of the molecule is CC1CCCN(S(=O)(=O)NCCCCI)C1. The Balaban J connectivity index is 2.37. The normalized spacial score (nSPS) is 23.5. The molecule has 0 radical (unpaired) electrons. The third kappa shape index (κ3) is 4.85. The van der Waals surface area contributed by atoms with Crippen molar-refractivity contribution in [3.8, 4) is 0 Å². The predicted molar refractivity (Wildman–Crippen MR) is 75.0 cm³/mol. The maximum absolute atomic E-state index is 11.9. The molecule has 1 rings (SSSR count). The first-order valence-corrected chi connectivity index (χ1v) is 8.83. The van der Waals surface area contributed by atoms with Crippen LogP contribution in [0.2, 0.25) is 0 Å². The highest BCUT2D eigenvalue weighted by molar-refractivity contribution is 14.1. The molecular formula is C10H21IN2O2S. The first kappa shape index (κ1) is 14.7. The summed E-state index contributed by atoms with van der Waals surface area (Å²) >= 11 is 2.31. The van der Waals surface area contributed by atoms with Gasteiger partial charge in [0.25, 0.3) is 10.2 Å². The van der Waals surface area contributed by atoms with Crippen LogP contribution in [-0.4, -0.2) is 36.8 Å². The quantitative estimate of drug-likeness (QED) is 0.446. The van der Waals surface area contributed by atoms with Crippen molar-refractivity contribution in [1.29, 1.82) is 0 Å². The largest absolute Gasteiger partial charge is 0.279 e. The molecule has 6 heteroatoms. The van der Waals surface area contributed by atoms with Crippen LogP contribution in [0.1, 0.15) is 32.6 Å². The van der Waals surface area contributed by atoms with E-state index in [-0.39, 0.29) is 0 Å². The van der Waals surface area contributed by atoms with Crippen LogP contribution in [0.5, 0.6) is 0 Å². The van der Waals surface area contributed by atoms with E-state index in [1.807, 2.05) is 0 Å². The van der Waals surface area contributed by atoms with Crippen LogP contribution in [0.4, 0.5) is 0 Å². The van der Waals surface area contributed by atoms with E-state index in [4.69, 9.17) is 0 Å². The Morgan fingerprint density at radius 2 is 2.19 bits per heavy atom. The molecule has 96 valence electrons. The van der Waals surface area contributed by atoms with Crippen LogP contribution in [0.25, 0.3) is 0 Å². The molecule has 1 unspecified atom stereocenters. The first-order valence-electron chi connectivity index (χ1n) is 5.87. The lowest BCUT2D eigenvalue weighted by Crippen LogP contribution is -2.45. The fourth-order valence-corrected chi connectivity index (χ4v) is 3.82. The summed E-state index contributed by atoms with van der Waals surface area (Å²) < 4.78 is 29.2. The molecule has 0 aliphatic carbocycles. The summed E-state index contributed by atoms with van der Waals surface area (Å²) in [5.41, 5.74) is 0. The molecule has 1 atom stereocenters. The summed E-state index contributed by atoms with van der Waals surface area (Å²) in [6.45, 7) is 4.02. The number of nitrogens with zero attached hydrogens (tertiary/aromatic N) is 1. The topological polar surface area (TPSA) is 49.4 Å². The van der Waals surface area contributed by atoms with E-state index in [2.05, 4.69) is 34.2 Å². The third-order valence-electron chi connectivity index (χ3n) is 2.80. The zero-order chi connectivity index (χ0) is 12.0. The number of halogens is 1. The monoisotopic (exact) mass is 360 g/mol. The van der Waals surface area contributed by atoms with Crippen molar-refractivity contribution in [2.75, 3.05) is 24.1 Å². The molecule has 0 aromatic carbocycles. The molecule has 1 N–H and O–H groups in total. The highest BCUT2D eigenvalue weighted by Crippen LogP contribution is 2.17. The smallest absolute Gasteiger partial charge is 0.202 e. The summed E-state index contributed by atoms with van der Waals surface area (Å²) in [6, 6.07) is 0. The van der Waals surface area contributed by atoms with Crippen molar-refractivity contribution in [3.63, 3.8) is 0 Å². The van der Waals surface area contributed by atoms with E-state index in [1.54, 1.807) is 4.31 Å². The molecular weight excluding hydrogens is 339 g/mol. The van der Waals surface area contributed by atoms with Gasteiger partial charge in [0.1, 0.15) is 0 Å². The highest BCUT2D eigenvalue weighted by atomic mass is 127. The van der Waals surface area contributed by atoms with Crippen LogP contribution in [-0.2, 0) is 10.2 Å². The molecule has 1 fully saturated rings. The minimum Gasteiger partial charge on any atom is -0.202 e. The Morgan fingerprint density at radius 3 is 2.81 bits per heavy atom. The van der Waals surface area contributed by atoms with E-state index < -0.39 is 10.2 Å². The van der Waals surface area contributed by atoms with Crippen LogP contribution in [0.3, 0.4) is 0 Å². The lowest BCUT2D eigenvalue weighted by Gasteiger charge is -2.29. The predicted octanol–water partition coefficient (Wildman–Crippen LogP) is 1.77. The second-order valence-corrected chi connectivity index (χ2v) is 7.23. The minimum absolute atomic E-state index is 0.486. The summed E-state index contributed by atoms with van der Waals surface area (Å²) in [5.74, 6) is 0.486. The lowest BCUT2D eigenvalue weighted by atomic mass is 10.0. The summed E-state index contributed by atoms with van der Waals surface area (Å²) in [5, 5.41) is 0. The number of nitrogens with one attached hydrogen (secondary N) is 1. The van der Waals surface area contributed by atoms with Gasteiger partial charge in [-0.1, -0.05) is 29.5 Å². The van der Waals surface area contributed by atoms with E-state index in [0.717, 1.165) is 30.1 Å². The molecule has 0 amide bonds.